The zero-order valence-electron chi connectivity index (χ0n) is 20.8. The number of fused-ring (bicyclic) bond motifs is 1. The van der Waals surface area contributed by atoms with Crippen molar-refractivity contribution in [3.63, 3.8) is 0 Å². The number of aromatic nitrogens is 1. The average molecular weight is 568 g/mol. The first-order chi connectivity index (χ1) is 18.1. The van der Waals surface area contributed by atoms with Crippen LogP contribution in [0.15, 0.2) is 30.5 Å². The number of carboxylic acid groups (broad SMARTS) is 2. The zero-order valence-corrected chi connectivity index (χ0v) is 22.5. The van der Waals surface area contributed by atoms with Gasteiger partial charge in [0.05, 0.1) is 6.04 Å². The van der Waals surface area contributed by atoms with Gasteiger partial charge in [0.1, 0.15) is 18.1 Å². The van der Waals surface area contributed by atoms with Crippen molar-refractivity contribution in [1.82, 2.24) is 20.9 Å². The molecular formula is C24H33N5O7S2. The summed E-state index contributed by atoms with van der Waals surface area (Å²) < 4.78 is 0. The summed E-state index contributed by atoms with van der Waals surface area (Å²) in [7, 11) is 0. The Morgan fingerprint density at radius 2 is 1.61 bits per heavy atom. The van der Waals surface area contributed by atoms with Crippen LogP contribution < -0.4 is 21.7 Å². The lowest BCUT2D eigenvalue weighted by Gasteiger charge is -2.24. The minimum atomic E-state index is -1.37. The maximum absolute atomic E-state index is 13.0. The highest BCUT2D eigenvalue weighted by Crippen LogP contribution is 2.19. The van der Waals surface area contributed by atoms with Gasteiger partial charge in [0.25, 0.3) is 0 Å². The van der Waals surface area contributed by atoms with E-state index in [2.05, 4.69) is 33.6 Å². The Labute approximate surface area is 229 Å². The van der Waals surface area contributed by atoms with Crippen LogP contribution in [0.25, 0.3) is 10.9 Å². The number of aromatic amines is 1. The SMILES string of the molecule is CSCCC(N)C(=O)NC(CS)C(=O)NC(CCC(=O)O)C(=O)NC(Cc1c[nH]c2ccccc12)C(=O)O. The predicted molar refractivity (Wildman–Crippen MR) is 147 cm³/mol. The van der Waals surface area contributed by atoms with Gasteiger partial charge in [0.15, 0.2) is 0 Å². The van der Waals surface area contributed by atoms with E-state index in [0.717, 1.165) is 10.9 Å². The van der Waals surface area contributed by atoms with Crippen LogP contribution in [-0.4, -0.2) is 86.8 Å². The van der Waals surface area contributed by atoms with Gasteiger partial charge in [-0.2, -0.15) is 24.4 Å². The summed E-state index contributed by atoms with van der Waals surface area (Å²) >= 11 is 5.61. The van der Waals surface area contributed by atoms with E-state index in [0.29, 0.717) is 17.7 Å². The van der Waals surface area contributed by atoms with Crippen molar-refractivity contribution in [3.05, 3.63) is 36.0 Å². The van der Waals surface area contributed by atoms with Crippen LogP contribution in [0.1, 0.15) is 24.8 Å². The van der Waals surface area contributed by atoms with E-state index in [-0.39, 0.29) is 18.6 Å². The van der Waals surface area contributed by atoms with Crippen LogP contribution in [0.5, 0.6) is 0 Å². The first-order valence-electron chi connectivity index (χ1n) is 11.8. The standard InChI is InChI=1S/C24H33N5O7S2/c1-38-9-8-15(25)21(32)29-19(12-37)23(34)27-17(6-7-20(30)31)22(33)28-18(24(35)36)10-13-11-26-16-5-3-2-4-14(13)16/h2-5,11,15,17-19,26,37H,6-10,12,25H2,1H3,(H,27,34)(H,28,33)(H,29,32)(H,30,31)(H,35,36). The Bertz CT molecular complexity index is 1140. The Kier molecular flexibility index (Phi) is 12.4. The van der Waals surface area contributed by atoms with Gasteiger partial charge >= 0.3 is 11.9 Å². The number of carboxylic acids is 2. The molecule has 38 heavy (non-hydrogen) atoms. The molecule has 0 bridgehead atoms. The molecule has 4 unspecified atom stereocenters. The molecular weight excluding hydrogens is 534 g/mol. The third kappa shape index (κ3) is 9.26. The summed E-state index contributed by atoms with van der Waals surface area (Å²) in [5.74, 6) is -4.18. The Morgan fingerprint density at radius 3 is 2.24 bits per heavy atom. The van der Waals surface area contributed by atoms with E-state index in [1.807, 2.05) is 24.5 Å². The number of carbonyl (C=O) groups is 5. The Morgan fingerprint density at radius 1 is 0.974 bits per heavy atom. The van der Waals surface area contributed by atoms with Crippen molar-refractivity contribution in [1.29, 1.82) is 0 Å². The number of para-hydroxylation sites is 1. The molecule has 208 valence electrons. The predicted octanol–water partition coefficient (Wildman–Crippen LogP) is 0.124. The molecule has 0 spiro atoms. The van der Waals surface area contributed by atoms with E-state index in [1.165, 1.54) is 11.8 Å². The van der Waals surface area contributed by atoms with Gasteiger partial charge in [-0.05, 0) is 36.5 Å². The van der Waals surface area contributed by atoms with Gasteiger partial charge < -0.3 is 36.9 Å². The second-order valence-corrected chi connectivity index (χ2v) is 9.94. The lowest BCUT2D eigenvalue weighted by Crippen LogP contribution is -2.57. The third-order valence-electron chi connectivity index (χ3n) is 5.78. The highest BCUT2D eigenvalue weighted by atomic mass is 32.2. The molecule has 1 aromatic carbocycles. The van der Waals surface area contributed by atoms with Gasteiger partial charge in [-0.25, -0.2) is 4.79 Å². The van der Waals surface area contributed by atoms with Crippen molar-refractivity contribution in [2.75, 3.05) is 17.8 Å². The fraction of sp³-hybridized carbons (Fsp3) is 0.458. The van der Waals surface area contributed by atoms with Crippen molar-refractivity contribution < 1.29 is 34.2 Å². The summed E-state index contributed by atoms with van der Waals surface area (Å²) in [4.78, 5) is 64.4. The van der Waals surface area contributed by atoms with Crippen LogP contribution in [0.2, 0.25) is 0 Å². The maximum Gasteiger partial charge on any atom is 0.326 e. The minimum absolute atomic E-state index is 0.0477. The number of thiol groups is 1. The highest BCUT2D eigenvalue weighted by molar-refractivity contribution is 7.98. The van der Waals surface area contributed by atoms with Gasteiger partial charge in [-0.1, -0.05) is 18.2 Å². The van der Waals surface area contributed by atoms with Gasteiger partial charge in [0, 0.05) is 35.7 Å². The minimum Gasteiger partial charge on any atom is -0.481 e. The lowest BCUT2D eigenvalue weighted by atomic mass is 10.0. The molecule has 8 N–H and O–H groups in total. The summed E-state index contributed by atoms with van der Waals surface area (Å²) in [6.45, 7) is 0. The fourth-order valence-corrected chi connectivity index (χ4v) is 4.40. The molecule has 2 aromatic rings. The van der Waals surface area contributed by atoms with Crippen molar-refractivity contribution in [2.45, 2.75) is 49.9 Å². The number of H-pyrrole nitrogens is 1. The smallest absolute Gasteiger partial charge is 0.326 e. The first-order valence-corrected chi connectivity index (χ1v) is 13.9. The number of aliphatic carboxylic acids is 2. The van der Waals surface area contributed by atoms with E-state index in [4.69, 9.17) is 10.8 Å². The maximum atomic E-state index is 13.0. The second-order valence-electron chi connectivity index (χ2n) is 8.59. The molecule has 14 heteroatoms. The topological polar surface area (TPSA) is 204 Å². The zero-order chi connectivity index (χ0) is 28.2. The van der Waals surface area contributed by atoms with Gasteiger partial charge in [-0.15, -0.1) is 0 Å². The molecule has 4 atom stereocenters. The fourth-order valence-electron chi connectivity index (χ4n) is 3.65. The molecule has 0 saturated carbocycles. The summed E-state index contributed by atoms with van der Waals surface area (Å²) in [6.07, 6.45) is 3.11. The Hall–Kier alpha value is -3.23. The largest absolute Gasteiger partial charge is 0.481 e. The molecule has 12 nitrogen and oxygen atoms in total. The second kappa shape index (κ2) is 15.2. The number of benzene rings is 1. The van der Waals surface area contributed by atoms with E-state index in [9.17, 15) is 29.1 Å². The molecule has 1 aromatic heterocycles. The third-order valence-corrected chi connectivity index (χ3v) is 6.79. The molecule has 0 fully saturated rings. The van der Waals surface area contributed by atoms with Crippen LogP contribution in [0.4, 0.5) is 0 Å². The number of rotatable bonds is 16. The van der Waals surface area contributed by atoms with Crippen LogP contribution >= 0.6 is 24.4 Å². The molecule has 0 saturated heterocycles. The molecule has 0 aliphatic carbocycles. The monoisotopic (exact) mass is 567 g/mol. The molecule has 0 aliphatic heterocycles. The number of amides is 3. The van der Waals surface area contributed by atoms with Crippen LogP contribution in [0, 0.1) is 0 Å². The molecule has 3 amide bonds. The quantitative estimate of drug-likeness (QED) is 0.130. The summed E-state index contributed by atoms with van der Waals surface area (Å²) in [5, 5.41) is 26.9. The molecule has 1 heterocycles. The number of nitrogens with two attached hydrogens (primary N) is 1. The number of thioether (sulfide) groups is 1. The lowest BCUT2D eigenvalue weighted by molar-refractivity contribution is -0.143. The molecule has 0 radical (unpaired) electrons. The Balaban J connectivity index is 2.13. The molecule has 0 aliphatic rings. The molecule has 2 rings (SSSR count). The van der Waals surface area contributed by atoms with Crippen LogP contribution in [0.3, 0.4) is 0 Å². The average Bonchev–Trinajstić information content (AvgIpc) is 3.29. The number of hydrogen-bond donors (Lipinski definition) is 8. The highest BCUT2D eigenvalue weighted by Gasteiger charge is 2.30. The van der Waals surface area contributed by atoms with Crippen molar-refractivity contribution in [3.8, 4) is 0 Å². The van der Waals surface area contributed by atoms with Crippen molar-refractivity contribution in [2.24, 2.45) is 5.73 Å². The number of carbonyl (C=O) groups excluding carboxylic acids is 3. The van der Waals surface area contributed by atoms with E-state index < -0.39 is 60.2 Å². The van der Waals surface area contributed by atoms with Crippen LogP contribution in [-0.2, 0) is 30.4 Å². The normalized spacial score (nSPS) is 14.2. The van der Waals surface area contributed by atoms with E-state index in [1.54, 1.807) is 12.3 Å². The first kappa shape index (κ1) is 31.0. The summed E-state index contributed by atoms with van der Waals surface area (Å²) in [5.41, 5.74) is 7.31. The summed E-state index contributed by atoms with van der Waals surface area (Å²) in [6, 6.07) is 2.57. The van der Waals surface area contributed by atoms with E-state index >= 15 is 0 Å². The number of nitrogens with one attached hydrogen (secondary N) is 4. The van der Waals surface area contributed by atoms with Crippen molar-refractivity contribution >= 4 is 65.0 Å². The van der Waals surface area contributed by atoms with Gasteiger partial charge in [0.2, 0.25) is 17.7 Å². The number of hydrogen-bond acceptors (Lipinski definition) is 8. The van der Waals surface area contributed by atoms with Gasteiger partial charge in [-0.3, -0.25) is 19.2 Å².